The number of nitrogens with zero attached hydrogens (tertiary/aromatic N) is 3. The SMILES string of the molecule is Fc1ccc(-c2cc(-c3ccccn3)nc(-c3ccccn3)c2)cc1.[I-].[I-].[Zn+2]. The molecule has 0 aliphatic carbocycles. The van der Waals surface area contributed by atoms with Gasteiger partial charge in [0.2, 0.25) is 0 Å². The largest absolute Gasteiger partial charge is 2.00 e. The van der Waals surface area contributed by atoms with Crippen LogP contribution in [-0.4, -0.2) is 15.0 Å². The quantitative estimate of drug-likeness (QED) is 0.213. The Labute approximate surface area is 210 Å². The van der Waals surface area contributed by atoms with Crippen molar-refractivity contribution in [3.8, 4) is 33.9 Å². The first kappa shape index (κ1) is 24.7. The first-order valence-corrected chi connectivity index (χ1v) is 7.90. The number of hydrogen-bond acceptors (Lipinski definition) is 3. The Balaban J connectivity index is 0.00000131. The van der Waals surface area contributed by atoms with Crippen LogP contribution >= 0.6 is 0 Å². The second-order valence-electron chi connectivity index (χ2n) is 5.56. The van der Waals surface area contributed by atoms with Crippen LogP contribution in [0, 0.1) is 5.82 Å². The normalized spacial score (nSPS) is 9.46. The van der Waals surface area contributed by atoms with Gasteiger partial charge < -0.3 is 48.0 Å². The Hall–Kier alpha value is -1.32. The van der Waals surface area contributed by atoms with Crippen molar-refractivity contribution in [3.63, 3.8) is 0 Å². The molecule has 0 bridgehead atoms. The van der Waals surface area contributed by atoms with Crippen LogP contribution in [0.5, 0.6) is 0 Å². The van der Waals surface area contributed by atoms with E-state index >= 15 is 0 Å². The van der Waals surface area contributed by atoms with Gasteiger partial charge in [0.25, 0.3) is 0 Å². The molecule has 4 aromatic rings. The molecular formula is C21H14FI2N3Zn. The van der Waals surface area contributed by atoms with Crippen LogP contribution in [0.25, 0.3) is 33.9 Å². The molecule has 0 N–H and O–H groups in total. The van der Waals surface area contributed by atoms with Crippen molar-refractivity contribution in [2.45, 2.75) is 0 Å². The van der Waals surface area contributed by atoms with E-state index < -0.39 is 0 Å². The molecule has 0 amide bonds. The molecule has 0 aliphatic heterocycles. The Bertz CT molecular complexity index is 943. The standard InChI is InChI=1S/C21H14FN3.2HI.Zn/c22-17-9-7-15(8-10-17)16-13-20(18-5-1-3-11-23-18)25-21(14-16)19-6-2-4-12-24-19;;;/h1-14H;2*1H;/q;;;+2/p-2. The number of aromatic nitrogens is 3. The molecule has 4 rings (SSSR count). The van der Waals surface area contributed by atoms with Crippen molar-refractivity contribution in [1.82, 2.24) is 15.0 Å². The molecular weight excluding hydrogens is 632 g/mol. The van der Waals surface area contributed by atoms with E-state index in [4.69, 9.17) is 4.98 Å². The summed E-state index contributed by atoms with van der Waals surface area (Å²) in [7, 11) is 0. The molecule has 0 atom stereocenters. The van der Waals surface area contributed by atoms with Gasteiger partial charge in [-0.3, -0.25) is 9.97 Å². The van der Waals surface area contributed by atoms with Crippen LogP contribution in [0.1, 0.15) is 0 Å². The molecule has 28 heavy (non-hydrogen) atoms. The molecule has 0 spiro atoms. The maximum atomic E-state index is 13.3. The first-order chi connectivity index (χ1) is 12.3. The van der Waals surface area contributed by atoms with Gasteiger partial charge >= 0.3 is 19.5 Å². The summed E-state index contributed by atoms with van der Waals surface area (Å²) in [5, 5.41) is 0. The van der Waals surface area contributed by atoms with Gasteiger partial charge in [-0.15, -0.1) is 0 Å². The Morgan fingerprint density at radius 3 is 1.50 bits per heavy atom. The predicted molar refractivity (Wildman–Crippen MR) is 96.1 cm³/mol. The van der Waals surface area contributed by atoms with Crippen LogP contribution in [-0.2, 0) is 19.5 Å². The first-order valence-electron chi connectivity index (χ1n) is 7.90. The number of rotatable bonds is 3. The summed E-state index contributed by atoms with van der Waals surface area (Å²) in [5.41, 5.74) is 4.92. The molecule has 0 aliphatic rings. The molecule has 7 heteroatoms. The average Bonchev–Trinajstić information content (AvgIpc) is 2.69. The van der Waals surface area contributed by atoms with E-state index in [9.17, 15) is 4.39 Å². The van der Waals surface area contributed by atoms with Gasteiger partial charge in [0, 0.05) is 12.4 Å². The number of benzene rings is 1. The summed E-state index contributed by atoms with van der Waals surface area (Å²) < 4.78 is 13.3. The maximum Gasteiger partial charge on any atom is 2.00 e. The summed E-state index contributed by atoms with van der Waals surface area (Å²) in [6.45, 7) is 0. The second kappa shape index (κ2) is 11.6. The van der Waals surface area contributed by atoms with E-state index in [2.05, 4.69) is 9.97 Å². The molecule has 0 saturated carbocycles. The predicted octanol–water partition coefficient (Wildman–Crippen LogP) is -0.983. The molecule has 3 heterocycles. The van der Waals surface area contributed by atoms with E-state index in [0.29, 0.717) is 0 Å². The molecule has 3 nitrogen and oxygen atoms in total. The number of pyridine rings is 3. The summed E-state index contributed by atoms with van der Waals surface area (Å²) in [4.78, 5) is 13.5. The van der Waals surface area contributed by atoms with Crippen molar-refractivity contribution in [1.29, 1.82) is 0 Å². The fourth-order valence-electron chi connectivity index (χ4n) is 2.63. The summed E-state index contributed by atoms with van der Waals surface area (Å²) in [6.07, 6.45) is 3.48. The molecule has 0 radical (unpaired) electrons. The van der Waals surface area contributed by atoms with Crippen LogP contribution in [0.4, 0.5) is 4.39 Å². The van der Waals surface area contributed by atoms with Gasteiger partial charge in [0.05, 0.1) is 22.8 Å². The zero-order valence-electron chi connectivity index (χ0n) is 14.8. The van der Waals surface area contributed by atoms with Crippen molar-refractivity contribution < 1.29 is 71.8 Å². The minimum absolute atomic E-state index is 0. The van der Waals surface area contributed by atoms with E-state index in [1.165, 1.54) is 12.1 Å². The third-order valence-corrected chi connectivity index (χ3v) is 3.86. The smallest absolute Gasteiger partial charge is 1.00 e. The number of hydrogen-bond donors (Lipinski definition) is 0. The summed E-state index contributed by atoms with van der Waals surface area (Å²) in [5.74, 6) is -0.257. The summed E-state index contributed by atoms with van der Waals surface area (Å²) >= 11 is 0. The van der Waals surface area contributed by atoms with Crippen LogP contribution < -0.4 is 48.0 Å². The number of halogens is 3. The monoisotopic (exact) mass is 645 g/mol. The zero-order chi connectivity index (χ0) is 17.1. The minimum Gasteiger partial charge on any atom is -1.00 e. The summed E-state index contributed by atoms with van der Waals surface area (Å²) in [6, 6.07) is 21.8. The molecule has 0 saturated heterocycles. The Morgan fingerprint density at radius 1 is 0.571 bits per heavy atom. The second-order valence-corrected chi connectivity index (χ2v) is 5.56. The molecule has 0 unspecified atom stereocenters. The van der Waals surface area contributed by atoms with E-state index in [1.807, 2.05) is 48.5 Å². The van der Waals surface area contributed by atoms with Crippen molar-refractivity contribution in [2.24, 2.45) is 0 Å². The zero-order valence-corrected chi connectivity index (χ0v) is 22.0. The van der Waals surface area contributed by atoms with Gasteiger partial charge in [-0.1, -0.05) is 24.3 Å². The van der Waals surface area contributed by atoms with E-state index in [0.717, 1.165) is 33.9 Å². The van der Waals surface area contributed by atoms with Crippen LogP contribution in [0.3, 0.4) is 0 Å². The van der Waals surface area contributed by atoms with Crippen molar-refractivity contribution in [2.75, 3.05) is 0 Å². The topological polar surface area (TPSA) is 38.7 Å². The van der Waals surface area contributed by atoms with E-state index in [1.54, 1.807) is 24.5 Å². The molecule has 1 aromatic carbocycles. The van der Waals surface area contributed by atoms with Crippen LogP contribution in [0.15, 0.2) is 85.2 Å². The van der Waals surface area contributed by atoms with Crippen molar-refractivity contribution >= 4 is 0 Å². The Kier molecular flexibility index (Phi) is 10.3. The van der Waals surface area contributed by atoms with Gasteiger partial charge in [-0.2, -0.15) is 0 Å². The maximum absolute atomic E-state index is 13.3. The molecule has 0 fully saturated rings. The fraction of sp³-hybridized carbons (Fsp3) is 0. The average molecular weight is 647 g/mol. The van der Waals surface area contributed by atoms with Crippen molar-refractivity contribution in [3.05, 3.63) is 91.0 Å². The molecule has 3 aromatic heterocycles. The van der Waals surface area contributed by atoms with E-state index in [-0.39, 0.29) is 73.2 Å². The third-order valence-electron chi connectivity index (χ3n) is 3.86. The molecule has 136 valence electrons. The van der Waals surface area contributed by atoms with Crippen LogP contribution in [0.2, 0.25) is 0 Å². The minimum atomic E-state index is -0.257. The van der Waals surface area contributed by atoms with Gasteiger partial charge in [-0.05, 0) is 59.7 Å². The van der Waals surface area contributed by atoms with Gasteiger partial charge in [0.1, 0.15) is 5.82 Å². The van der Waals surface area contributed by atoms with Gasteiger partial charge in [0.15, 0.2) is 0 Å². The Morgan fingerprint density at radius 2 is 1.07 bits per heavy atom. The fourth-order valence-corrected chi connectivity index (χ4v) is 2.63. The third kappa shape index (κ3) is 5.84. The van der Waals surface area contributed by atoms with Gasteiger partial charge in [-0.25, -0.2) is 9.37 Å².